The highest BCUT2D eigenvalue weighted by Crippen LogP contribution is 2.07. The predicted octanol–water partition coefficient (Wildman–Crippen LogP) is 1.32. The molecule has 1 aliphatic heterocycles. The number of hydrogen-bond acceptors (Lipinski definition) is 3. The highest BCUT2D eigenvalue weighted by molar-refractivity contribution is 5.22. The van der Waals surface area contributed by atoms with E-state index in [9.17, 15) is 0 Å². The zero-order valence-electron chi connectivity index (χ0n) is 9.03. The maximum Gasteiger partial charge on any atom is 0.0713 e. The Bertz CT molecular complexity index is 310. The van der Waals surface area contributed by atoms with E-state index in [0.29, 0.717) is 12.6 Å². The number of methoxy groups -OCH3 is 1. The van der Waals surface area contributed by atoms with Gasteiger partial charge in [-0.15, -0.1) is 0 Å². The van der Waals surface area contributed by atoms with Crippen molar-refractivity contribution in [3.8, 4) is 0 Å². The van der Waals surface area contributed by atoms with E-state index in [1.165, 1.54) is 11.1 Å². The van der Waals surface area contributed by atoms with Crippen molar-refractivity contribution in [1.82, 2.24) is 5.32 Å². The lowest BCUT2D eigenvalue weighted by molar-refractivity contribution is -0.00578. The zero-order valence-corrected chi connectivity index (χ0v) is 9.03. The molecule has 1 heterocycles. The Morgan fingerprint density at radius 1 is 1.40 bits per heavy atom. The van der Waals surface area contributed by atoms with E-state index in [0.717, 1.165) is 19.8 Å². The van der Waals surface area contributed by atoms with Gasteiger partial charge in [-0.05, 0) is 11.1 Å². The van der Waals surface area contributed by atoms with Crippen LogP contribution in [-0.4, -0.2) is 26.4 Å². The lowest BCUT2D eigenvalue weighted by Crippen LogP contribution is -2.45. The minimum absolute atomic E-state index is 0.538. The van der Waals surface area contributed by atoms with Gasteiger partial charge in [0.1, 0.15) is 0 Å². The summed E-state index contributed by atoms with van der Waals surface area (Å²) < 4.78 is 10.2. The highest BCUT2D eigenvalue weighted by atomic mass is 16.5. The summed E-state index contributed by atoms with van der Waals surface area (Å²) in [6, 6.07) is 9.00. The Labute approximate surface area is 90.4 Å². The van der Waals surface area contributed by atoms with Crippen molar-refractivity contribution in [2.24, 2.45) is 0 Å². The molecule has 0 spiro atoms. The smallest absolute Gasteiger partial charge is 0.0713 e. The highest BCUT2D eigenvalue weighted by Gasteiger charge is 2.16. The van der Waals surface area contributed by atoms with Gasteiger partial charge in [0, 0.05) is 13.7 Å². The van der Waals surface area contributed by atoms with Crippen molar-refractivity contribution in [2.75, 3.05) is 20.3 Å². The van der Waals surface area contributed by atoms with E-state index in [1.54, 1.807) is 7.11 Å². The molecule has 1 fully saturated rings. The van der Waals surface area contributed by atoms with Crippen LogP contribution in [0.3, 0.4) is 0 Å². The van der Waals surface area contributed by atoms with Crippen LogP contribution in [0.1, 0.15) is 11.1 Å². The Balaban J connectivity index is 1.86. The van der Waals surface area contributed by atoms with Crippen LogP contribution in [0.4, 0.5) is 0 Å². The van der Waals surface area contributed by atoms with Crippen molar-refractivity contribution in [3.63, 3.8) is 0 Å². The van der Waals surface area contributed by atoms with Crippen LogP contribution >= 0.6 is 0 Å². The Morgan fingerprint density at radius 3 is 2.87 bits per heavy atom. The standard InChI is InChI=1S/C12H17NO2/c1-14-7-11-4-2-3-10(5-11)6-13-12-8-15-9-12/h2-5,12-13H,6-9H2,1H3. The second kappa shape index (κ2) is 5.26. The fourth-order valence-corrected chi connectivity index (χ4v) is 1.61. The molecule has 82 valence electrons. The van der Waals surface area contributed by atoms with Gasteiger partial charge >= 0.3 is 0 Å². The predicted molar refractivity (Wildman–Crippen MR) is 58.6 cm³/mol. The van der Waals surface area contributed by atoms with Gasteiger partial charge in [-0.2, -0.15) is 0 Å². The van der Waals surface area contributed by atoms with E-state index in [1.807, 2.05) is 0 Å². The summed E-state index contributed by atoms with van der Waals surface area (Å²) in [5.74, 6) is 0. The van der Waals surface area contributed by atoms with Gasteiger partial charge in [0.15, 0.2) is 0 Å². The number of hydrogen-bond donors (Lipinski definition) is 1. The SMILES string of the molecule is COCc1cccc(CNC2COC2)c1. The fourth-order valence-electron chi connectivity index (χ4n) is 1.61. The van der Waals surface area contributed by atoms with Crippen LogP contribution in [-0.2, 0) is 22.6 Å². The lowest BCUT2D eigenvalue weighted by Gasteiger charge is -2.27. The van der Waals surface area contributed by atoms with Gasteiger partial charge in [-0.25, -0.2) is 0 Å². The zero-order chi connectivity index (χ0) is 10.5. The number of rotatable bonds is 5. The molecular formula is C12H17NO2. The van der Waals surface area contributed by atoms with Crippen LogP contribution in [0.25, 0.3) is 0 Å². The normalized spacial score (nSPS) is 16.3. The van der Waals surface area contributed by atoms with Gasteiger partial charge in [0.2, 0.25) is 0 Å². The first-order valence-corrected chi connectivity index (χ1v) is 5.26. The van der Waals surface area contributed by atoms with E-state index in [4.69, 9.17) is 9.47 Å². The summed E-state index contributed by atoms with van der Waals surface area (Å²) in [5, 5.41) is 3.44. The van der Waals surface area contributed by atoms with E-state index >= 15 is 0 Å². The molecule has 0 unspecified atom stereocenters. The fraction of sp³-hybridized carbons (Fsp3) is 0.500. The average Bonchev–Trinajstić information content (AvgIpc) is 2.16. The largest absolute Gasteiger partial charge is 0.380 e. The van der Waals surface area contributed by atoms with Crippen molar-refractivity contribution in [1.29, 1.82) is 0 Å². The topological polar surface area (TPSA) is 30.5 Å². The van der Waals surface area contributed by atoms with Crippen LogP contribution in [0, 0.1) is 0 Å². The van der Waals surface area contributed by atoms with Crippen LogP contribution in [0.15, 0.2) is 24.3 Å². The van der Waals surface area contributed by atoms with Crippen molar-refractivity contribution >= 4 is 0 Å². The third kappa shape index (κ3) is 3.02. The third-order valence-electron chi connectivity index (χ3n) is 2.54. The first-order chi connectivity index (χ1) is 7.38. The van der Waals surface area contributed by atoms with Crippen molar-refractivity contribution in [2.45, 2.75) is 19.2 Å². The molecule has 1 saturated heterocycles. The van der Waals surface area contributed by atoms with Gasteiger partial charge < -0.3 is 14.8 Å². The molecule has 1 aliphatic rings. The number of ether oxygens (including phenoxy) is 2. The second-order valence-electron chi connectivity index (χ2n) is 3.87. The summed E-state index contributed by atoms with van der Waals surface area (Å²) >= 11 is 0. The maximum absolute atomic E-state index is 5.10. The molecule has 3 nitrogen and oxygen atoms in total. The van der Waals surface area contributed by atoms with Crippen LogP contribution in [0.2, 0.25) is 0 Å². The van der Waals surface area contributed by atoms with Gasteiger partial charge in [0.25, 0.3) is 0 Å². The summed E-state index contributed by atoms with van der Waals surface area (Å²) in [5.41, 5.74) is 2.53. The number of nitrogens with one attached hydrogen (secondary N) is 1. The molecule has 0 aliphatic carbocycles. The average molecular weight is 207 g/mol. The van der Waals surface area contributed by atoms with Gasteiger partial charge in [-0.1, -0.05) is 24.3 Å². The first-order valence-electron chi connectivity index (χ1n) is 5.26. The second-order valence-corrected chi connectivity index (χ2v) is 3.87. The summed E-state index contributed by atoms with van der Waals surface area (Å²) in [4.78, 5) is 0. The molecule has 3 heteroatoms. The minimum atomic E-state index is 0.538. The molecule has 0 saturated carbocycles. The van der Waals surface area contributed by atoms with E-state index in [2.05, 4.69) is 29.6 Å². The minimum Gasteiger partial charge on any atom is -0.380 e. The third-order valence-corrected chi connectivity index (χ3v) is 2.54. The monoisotopic (exact) mass is 207 g/mol. The Kier molecular flexibility index (Phi) is 3.72. The molecule has 0 atom stereocenters. The summed E-state index contributed by atoms with van der Waals surface area (Å²) in [6.45, 7) is 3.28. The van der Waals surface area contributed by atoms with Gasteiger partial charge in [-0.3, -0.25) is 0 Å². The maximum atomic E-state index is 5.10. The van der Waals surface area contributed by atoms with Crippen LogP contribution < -0.4 is 5.32 Å². The molecule has 15 heavy (non-hydrogen) atoms. The van der Waals surface area contributed by atoms with Gasteiger partial charge in [0.05, 0.1) is 25.9 Å². The molecule has 2 rings (SSSR count). The Morgan fingerprint density at radius 2 is 2.20 bits per heavy atom. The summed E-state index contributed by atoms with van der Waals surface area (Å²) in [7, 11) is 1.72. The molecular weight excluding hydrogens is 190 g/mol. The molecule has 0 amide bonds. The van der Waals surface area contributed by atoms with Crippen molar-refractivity contribution in [3.05, 3.63) is 35.4 Å². The first kappa shape index (κ1) is 10.6. The molecule has 0 aromatic heterocycles. The van der Waals surface area contributed by atoms with Crippen molar-refractivity contribution < 1.29 is 9.47 Å². The molecule has 1 aromatic rings. The van der Waals surface area contributed by atoms with E-state index in [-0.39, 0.29) is 0 Å². The quantitative estimate of drug-likeness (QED) is 0.790. The Hall–Kier alpha value is -0.900. The van der Waals surface area contributed by atoms with Crippen LogP contribution in [0.5, 0.6) is 0 Å². The molecule has 1 N–H and O–H groups in total. The lowest BCUT2D eigenvalue weighted by atomic mass is 10.1. The molecule has 1 aromatic carbocycles. The van der Waals surface area contributed by atoms with E-state index < -0.39 is 0 Å². The molecule has 0 radical (unpaired) electrons. The summed E-state index contributed by atoms with van der Waals surface area (Å²) in [6.07, 6.45) is 0. The molecule has 0 bridgehead atoms. The number of benzene rings is 1.